The van der Waals surface area contributed by atoms with Gasteiger partial charge in [-0.2, -0.15) is 0 Å². The van der Waals surface area contributed by atoms with Crippen molar-refractivity contribution in [3.63, 3.8) is 0 Å². The Balaban J connectivity index is 1.66. The van der Waals surface area contributed by atoms with Crippen LogP contribution in [0.5, 0.6) is 5.75 Å². The molecular formula is C17H24N2O4. The molecule has 2 rings (SSSR count). The van der Waals surface area contributed by atoms with Gasteiger partial charge in [0.1, 0.15) is 5.75 Å². The van der Waals surface area contributed by atoms with E-state index in [0.29, 0.717) is 38.3 Å². The second-order valence-corrected chi connectivity index (χ2v) is 5.78. The third kappa shape index (κ3) is 5.56. The summed E-state index contributed by atoms with van der Waals surface area (Å²) in [5, 5.41) is 11.8. The van der Waals surface area contributed by atoms with E-state index in [2.05, 4.69) is 17.1 Å². The number of rotatable bonds is 7. The molecule has 2 N–H and O–H groups in total. The Morgan fingerprint density at radius 3 is 2.74 bits per heavy atom. The van der Waals surface area contributed by atoms with E-state index in [1.165, 1.54) is 5.56 Å². The Hall–Kier alpha value is -2.08. The molecule has 1 heterocycles. The Morgan fingerprint density at radius 1 is 1.35 bits per heavy atom. The van der Waals surface area contributed by atoms with Crippen molar-refractivity contribution in [2.24, 2.45) is 5.92 Å². The maximum Gasteiger partial charge on any atom is 0.306 e. The molecule has 0 aliphatic carbocycles. The molecule has 0 unspecified atom stereocenters. The zero-order valence-corrected chi connectivity index (χ0v) is 13.5. The van der Waals surface area contributed by atoms with E-state index in [1.54, 1.807) is 0 Å². The standard InChI is InChI=1S/C17H24N2O4/c1-2-13-4-3-5-15(10-13)23-11-16(20)18-12-19-8-6-14(7-9-19)17(21)22/h3-5,10,14H,2,6-9,11-12H2,1H3,(H,18,20)(H,21,22). The van der Waals surface area contributed by atoms with E-state index in [-0.39, 0.29) is 18.4 Å². The second kappa shape index (κ2) is 8.53. The normalized spacial score (nSPS) is 16.0. The van der Waals surface area contributed by atoms with Crippen molar-refractivity contribution >= 4 is 11.9 Å². The van der Waals surface area contributed by atoms with Crippen LogP contribution >= 0.6 is 0 Å². The number of carboxylic acids is 1. The molecule has 1 saturated heterocycles. The predicted molar refractivity (Wildman–Crippen MR) is 86.3 cm³/mol. The number of benzene rings is 1. The van der Waals surface area contributed by atoms with Crippen molar-refractivity contribution in [2.75, 3.05) is 26.4 Å². The summed E-state index contributed by atoms with van der Waals surface area (Å²) in [5.41, 5.74) is 1.17. The zero-order chi connectivity index (χ0) is 16.7. The average Bonchev–Trinajstić information content (AvgIpc) is 2.58. The molecule has 1 fully saturated rings. The van der Waals surface area contributed by atoms with E-state index in [4.69, 9.17) is 9.84 Å². The number of carbonyl (C=O) groups excluding carboxylic acids is 1. The minimum Gasteiger partial charge on any atom is -0.484 e. The number of aliphatic carboxylic acids is 1. The second-order valence-electron chi connectivity index (χ2n) is 5.78. The molecule has 1 aromatic carbocycles. The molecule has 0 bridgehead atoms. The van der Waals surface area contributed by atoms with Crippen LogP contribution in [-0.4, -0.2) is 48.2 Å². The number of amides is 1. The quantitative estimate of drug-likeness (QED) is 0.796. The lowest BCUT2D eigenvalue weighted by molar-refractivity contribution is -0.143. The summed E-state index contributed by atoms with van der Waals surface area (Å²) in [4.78, 5) is 24.8. The number of carboxylic acid groups (broad SMARTS) is 1. The molecule has 1 aliphatic rings. The first-order chi connectivity index (χ1) is 11.1. The first kappa shape index (κ1) is 17.3. The van der Waals surface area contributed by atoms with Crippen LogP contribution in [0.4, 0.5) is 0 Å². The minimum atomic E-state index is -0.726. The van der Waals surface area contributed by atoms with Gasteiger partial charge in [0.15, 0.2) is 6.61 Å². The van der Waals surface area contributed by atoms with Gasteiger partial charge in [-0.3, -0.25) is 14.5 Å². The molecule has 6 heteroatoms. The third-order valence-electron chi connectivity index (χ3n) is 4.11. The van der Waals surface area contributed by atoms with Gasteiger partial charge in [0.2, 0.25) is 0 Å². The Bertz CT molecular complexity index is 539. The highest BCUT2D eigenvalue weighted by atomic mass is 16.5. The minimum absolute atomic E-state index is 0.0151. The number of nitrogens with zero attached hydrogens (tertiary/aromatic N) is 1. The Kier molecular flexibility index (Phi) is 6.40. The first-order valence-electron chi connectivity index (χ1n) is 8.02. The van der Waals surface area contributed by atoms with Gasteiger partial charge in [-0.1, -0.05) is 19.1 Å². The fourth-order valence-electron chi connectivity index (χ4n) is 2.59. The van der Waals surface area contributed by atoms with E-state index >= 15 is 0 Å². The summed E-state index contributed by atoms with van der Waals surface area (Å²) in [6.07, 6.45) is 2.19. The van der Waals surface area contributed by atoms with Gasteiger partial charge in [-0.15, -0.1) is 0 Å². The van der Waals surface area contributed by atoms with Crippen LogP contribution in [0, 0.1) is 5.92 Å². The van der Waals surface area contributed by atoms with Crippen molar-refractivity contribution < 1.29 is 19.4 Å². The number of ether oxygens (including phenoxy) is 1. The van der Waals surface area contributed by atoms with E-state index in [0.717, 1.165) is 6.42 Å². The van der Waals surface area contributed by atoms with Gasteiger partial charge in [-0.25, -0.2) is 0 Å². The highest BCUT2D eigenvalue weighted by Gasteiger charge is 2.24. The first-order valence-corrected chi connectivity index (χ1v) is 8.02. The van der Waals surface area contributed by atoms with Gasteiger partial charge in [-0.05, 0) is 37.0 Å². The molecule has 0 spiro atoms. The molecule has 0 aromatic heterocycles. The van der Waals surface area contributed by atoms with Crippen LogP contribution in [0.1, 0.15) is 25.3 Å². The van der Waals surface area contributed by atoms with Crippen LogP contribution in [0.15, 0.2) is 24.3 Å². The number of likely N-dealkylation sites (tertiary alicyclic amines) is 1. The maximum atomic E-state index is 11.8. The molecule has 126 valence electrons. The van der Waals surface area contributed by atoms with Gasteiger partial charge in [0.25, 0.3) is 5.91 Å². The van der Waals surface area contributed by atoms with Crippen LogP contribution in [0.25, 0.3) is 0 Å². The van der Waals surface area contributed by atoms with Gasteiger partial charge < -0.3 is 15.2 Å². The molecule has 1 aliphatic heterocycles. The molecule has 6 nitrogen and oxygen atoms in total. The lowest BCUT2D eigenvalue weighted by Crippen LogP contribution is -2.44. The van der Waals surface area contributed by atoms with Crippen LogP contribution < -0.4 is 10.1 Å². The van der Waals surface area contributed by atoms with Gasteiger partial charge in [0.05, 0.1) is 12.6 Å². The maximum absolute atomic E-state index is 11.8. The van der Waals surface area contributed by atoms with Crippen molar-refractivity contribution in [1.82, 2.24) is 10.2 Å². The fourth-order valence-corrected chi connectivity index (χ4v) is 2.59. The largest absolute Gasteiger partial charge is 0.484 e. The van der Waals surface area contributed by atoms with Gasteiger partial charge in [0, 0.05) is 13.1 Å². The van der Waals surface area contributed by atoms with Crippen LogP contribution in [0.2, 0.25) is 0 Å². The Morgan fingerprint density at radius 2 is 2.09 bits per heavy atom. The van der Waals surface area contributed by atoms with E-state index in [1.807, 2.05) is 24.3 Å². The fraction of sp³-hybridized carbons (Fsp3) is 0.529. The number of hydrogen-bond acceptors (Lipinski definition) is 4. The monoisotopic (exact) mass is 320 g/mol. The third-order valence-corrected chi connectivity index (χ3v) is 4.11. The SMILES string of the molecule is CCc1cccc(OCC(=O)NCN2CCC(C(=O)O)CC2)c1. The number of piperidine rings is 1. The topological polar surface area (TPSA) is 78.9 Å². The van der Waals surface area contributed by atoms with E-state index in [9.17, 15) is 9.59 Å². The number of aryl methyl sites for hydroxylation is 1. The molecule has 0 saturated carbocycles. The number of carbonyl (C=O) groups is 2. The smallest absolute Gasteiger partial charge is 0.306 e. The summed E-state index contributed by atoms with van der Waals surface area (Å²) < 4.78 is 5.49. The summed E-state index contributed by atoms with van der Waals surface area (Å²) in [6.45, 7) is 3.87. The molecule has 0 atom stereocenters. The van der Waals surface area contributed by atoms with Crippen molar-refractivity contribution in [1.29, 1.82) is 0 Å². The number of nitrogens with one attached hydrogen (secondary N) is 1. The van der Waals surface area contributed by atoms with Crippen LogP contribution in [-0.2, 0) is 16.0 Å². The summed E-state index contributed by atoms with van der Waals surface area (Å²) in [7, 11) is 0. The Labute approximate surface area is 136 Å². The summed E-state index contributed by atoms with van der Waals surface area (Å²) in [6, 6.07) is 7.71. The van der Waals surface area contributed by atoms with Crippen molar-refractivity contribution in [2.45, 2.75) is 26.2 Å². The molecular weight excluding hydrogens is 296 g/mol. The van der Waals surface area contributed by atoms with E-state index < -0.39 is 5.97 Å². The molecule has 1 aromatic rings. The molecule has 0 radical (unpaired) electrons. The highest BCUT2D eigenvalue weighted by molar-refractivity contribution is 5.77. The zero-order valence-electron chi connectivity index (χ0n) is 13.5. The molecule has 1 amide bonds. The summed E-state index contributed by atoms with van der Waals surface area (Å²) >= 11 is 0. The molecule has 23 heavy (non-hydrogen) atoms. The van der Waals surface area contributed by atoms with Crippen molar-refractivity contribution in [3.8, 4) is 5.75 Å². The lowest BCUT2D eigenvalue weighted by Gasteiger charge is -2.29. The van der Waals surface area contributed by atoms with Crippen molar-refractivity contribution in [3.05, 3.63) is 29.8 Å². The van der Waals surface area contributed by atoms with Gasteiger partial charge >= 0.3 is 5.97 Å². The lowest BCUT2D eigenvalue weighted by atomic mass is 9.97. The highest BCUT2D eigenvalue weighted by Crippen LogP contribution is 2.16. The number of hydrogen-bond donors (Lipinski definition) is 2. The predicted octanol–water partition coefficient (Wildman–Crippen LogP) is 1.50. The van der Waals surface area contributed by atoms with Crippen LogP contribution in [0.3, 0.4) is 0 Å². The summed E-state index contributed by atoms with van der Waals surface area (Å²) in [5.74, 6) is -0.457. The average molecular weight is 320 g/mol.